The van der Waals surface area contributed by atoms with Crippen molar-refractivity contribution in [2.45, 2.75) is 77.0 Å². The molecular weight excluding hydrogens is 284 g/mol. The van der Waals surface area contributed by atoms with Crippen LogP contribution in [0.5, 0.6) is 0 Å². The molecule has 1 N–H and O–H groups in total. The molecule has 1 atom stereocenters. The second kappa shape index (κ2) is 6.32. The fourth-order valence-electron chi connectivity index (χ4n) is 5.03. The van der Waals surface area contributed by atoms with Gasteiger partial charge in [0.1, 0.15) is 10.8 Å². The number of hydrogen-bond donors (Lipinski definition) is 1. The average Bonchev–Trinajstić information content (AvgIpc) is 3.15. The molecule has 3 aliphatic rings. The lowest BCUT2D eigenvalue weighted by Crippen LogP contribution is -2.36. The van der Waals surface area contributed by atoms with Crippen molar-refractivity contribution >= 4 is 17.4 Å². The number of hydrogen-bond acceptors (Lipinski definition) is 2. The van der Waals surface area contributed by atoms with Gasteiger partial charge in [0.15, 0.2) is 5.78 Å². The predicted octanol–water partition coefficient (Wildman–Crippen LogP) is 5.50. The van der Waals surface area contributed by atoms with Gasteiger partial charge in [0.05, 0.1) is 0 Å². The molecule has 2 nitrogen and oxygen atoms in total. The zero-order valence-electron chi connectivity index (χ0n) is 12.9. The van der Waals surface area contributed by atoms with E-state index in [1.807, 2.05) is 0 Å². The molecule has 2 fully saturated rings. The first-order chi connectivity index (χ1) is 10.1. The lowest BCUT2D eigenvalue weighted by Gasteiger charge is -2.42. The van der Waals surface area contributed by atoms with Crippen molar-refractivity contribution in [2.75, 3.05) is 0 Å². The number of Topliss-reactive ketones (excluding diaryl/α,β-unsaturated/α-hetero) is 1. The SMILES string of the molecule is O=C1CC(CCC2CCCC2)(C2CCCC2)CC(O)=C1Cl. The molecule has 21 heavy (non-hydrogen) atoms. The summed E-state index contributed by atoms with van der Waals surface area (Å²) in [5, 5.41) is 10.3. The van der Waals surface area contributed by atoms with Gasteiger partial charge in [0.2, 0.25) is 0 Å². The van der Waals surface area contributed by atoms with Crippen LogP contribution in [0.1, 0.15) is 77.0 Å². The highest BCUT2D eigenvalue weighted by Crippen LogP contribution is 2.53. The summed E-state index contributed by atoms with van der Waals surface area (Å²) in [5.41, 5.74) is -0.00134. The van der Waals surface area contributed by atoms with Gasteiger partial charge in [-0.25, -0.2) is 0 Å². The van der Waals surface area contributed by atoms with Crippen LogP contribution in [0.15, 0.2) is 10.8 Å². The normalized spacial score (nSPS) is 32.3. The first kappa shape index (κ1) is 15.4. The van der Waals surface area contributed by atoms with Gasteiger partial charge >= 0.3 is 0 Å². The Hall–Kier alpha value is -0.500. The molecule has 3 rings (SSSR count). The third-order valence-electron chi connectivity index (χ3n) is 6.28. The van der Waals surface area contributed by atoms with Gasteiger partial charge < -0.3 is 5.11 Å². The topological polar surface area (TPSA) is 37.3 Å². The summed E-state index contributed by atoms with van der Waals surface area (Å²) >= 11 is 5.96. The molecule has 0 amide bonds. The molecule has 2 saturated carbocycles. The van der Waals surface area contributed by atoms with Crippen LogP contribution >= 0.6 is 11.6 Å². The minimum atomic E-state index is -0.0289. The van der Waals surface area contributed by atoms with E-state index in [9.17, 15) is 9.90 Å². The van der Waals surface area contributed by atoms with Crippen molar-refractivity contribution in [2.24, 2.45) is 17.3 Å². The van der Waals surface area contributed by atoms with E-state index in [1.165, 1.54) is 57.8 Å². The van der Waals surface area contributed by atoms with Crippen molar-refractivity contribution in [3.8, 4) is 0 Å². The highest BCUT2D eigenvalue weighted by atomic mass is 35.5. The van der Waals surface area contributed by atoms with Crippen LogP contribution in [-0.2, 0) is 4.79 Å². The van der Waals surface area contributed by atoms with Crippen LogP contribution in [0, 0.1) is 17.3 Å². The molecule has 0 aromatic rings. The molecule has 3 heteroatoms. The van der Waals surface area contributed by atoms with Crippen molar-refractivity contribution in [3.63, 3.8) is 0 Å². The van der Waals surface area contributed by atoms with Crippen LogP contribution < -0.4 is 0 Å². The van der Waals surface area contributed by atoms with E-state index in [4.69, 9.17) is 11.6 Å². The molecule has 0 aromatic carbocycles. The predicted molar refractivity (Wildman–Crippen MR) is 85.3 cm³/mol. The quantitative estimate of drug-likeness (QED) is 0.744. The maximum absolute atomic E-state index is 12.2. The fourth-order valence-corrected chi connectivity index (χ4v) is 5.16. The maximum atomic E-state index is 12.2. The van der Waals surface area contributed by atoms with E-state index in [-0.39, 0.29) is 22.0 Å². The number of carbonyl (C=O) groups is 1. The second-order valence-corrected chi connectivity index (χ2v) is 7.95. The summed E-state index contributed by atoms with van der Waals surface area (Å²) in [7, 11) is 0. The van der Waals surface area contributed by atoms with E-state index >= 15 is 0 Å². The number of ketones is 1. The molecule has 1 unspecified atom stereocenters. The zero-order chi connectivity index (χ0) is 14.9. The summed E-state index contributed by atoms with van der Waals surface area (Å²) in [4.78, 5) is 12.2. The molecule has 0 spiro atoms. The highest BCUT2D eigenvalue weighted by Gasteiger charge is 2.46. The number of rotatable bonds is 4. The van der Waals surface area contributed by atoms with Crippen molar-refractivity contribution in [1.82, 2.24) is 0 Å². The van der Waals surface area contributed by atoms with Crippen LogP contribution in [0.2, 0.25) is 0 Å². The number of aliphatic hydroxyl groups excluding tert-OH is 1. The summed E-state index contributed by atoms with van der Waals surface area (Å²) in [6, 6.07) is 0. The lowest BCUT2D eigenvalue weighted by molar-refractivity contribution is -0.120. The molecule has 0 heterocycles. The smallest absolute Gasteiger partial charge is 0.178 e. The van der Waals surface area contributed by atoms with Gasteiger partial charge in [-0.05, 0) is 42.9 Å². The number of allylic oxidation sites excluding steroid dienone is 2. The van der Waals surface area contributed by atoms with E-state index in [1.54, 1.807) is 0 Å². The number of aliphatic hydroxyl groups is 1. The minimum Gasteiger partial charge on any atom is -0.511 e. The molecule has 0 aromatic heterocycles. The van der Waals surface area contributed by atoms with Gasteiger partial charge in [-0.3, -0.25) is 4.79 Å². The van der Waals surface area contributed by atoms with Crippen molar-refractivity contribution in [3.05, 3.63) is 10.8 Å². The maximum Gasteiger partial charge on any atom is 0.178 e. The molecule has 3 aliphatic carbocycles. The Balaban J connectivity index is 1.76. The Morgan fingerprint density at radius 2 is 1.67 bits per heavy atom. The zero-order valence-corrected chi connectivity index (χ0v) is 13.6. The van der Waals surface area contributed by atoms with E-state index in [0.29, 0.717) is 18.8 Å². The van der Waals surface area contributed by atoms with Crippen molar-refractivity contribution < 1.29 is 9.90 Å². The van der Waals surface area contributed by atoms with Crippen LogP contribution in [-0.4, -0.2) is 10.9 Å². The van der Waals surface area contributed by atoms with E-state index in [0.717, 1.165) is 12.3 Å². The summed E-state index contributed by atoms with van der Waals surface area (Å²) in [6.45, 7) is 0. The third kappa shape index (κ3) is 3.16. The Morgan fingerprint density at radius 3 is 2.29 bits per heavy atom. The standard InChI is InChI=1S/C18H27ClO2/c19-17-15(20)11-18(12-16(17)21,14-7-3-4-8-14)10-9-13-5-1-2-6-13/h13-14,20H,1-12H2. The Kier molecular flexibility index (Phi) is 4.63. The number of carbonyl (C=O) groups excluding carboxylic acids is 1. The Bertz CT molecular complexity index is 430. The van der Waals surface area contributed by atoms with Gasteiger partial charge in [0, 0.05) is 12.8 Å². The van der Waals surface area contributed by atoms with E-state index in [2.05, 4.69) is 0 Å². The molecule has 0 aliphatic heterocycles. The van der Waals surface area contributed by atoms with E-state index < -0.39 is 0 Å². The van der Waals surface area contributed by atoms with Crippen LogP contribution in [0.4, 0.5) is 0 Å². The first-order valence-corrected chi connectivity index (χ1v) is 9.09. The third-order valence-corrected chi connectivity index (χ3v) is 6.71. The molecular formula is C18H27ClO2. The van der Waals surface area contributed by atoms with Gasteiger partial charge in [-0.1, -0.05) is 50.1 Å². The molecule has 0 saturated heterocycles. The monoisotopic (exact) mass is 310 g/mol. The summed E-state index contributed by atoms with van der Waals surface area (Å²) in [6.07, 6.45) is 14.0. The molecule has 0 radical (unpaired) electrons. The van der Waals surface area contributed by atoms with Gasteiger partial charge in [-0.2, -0.15) is 0 Å². The lowest BCUT2D eigenvalue weighted by atomic mass is 9.63. The van der Waals surface area contributed by atoms with Gasteiger partial charge in [0.25, 0.3) is 0 Å². The average molecular weight is 311 g/mol. The summed E-state index contributed by atoms with van der Waals surface area (Å²) in [5.74, 6) is 1.58. The molecule has 118 valence electrons. The Morgan fingerprint density at radius 1 is 1.05 bits per heavy atom. The fraction of sp³-hybridized carbons (Fsp3) is 0.833. The molecule has 0 bridgehead atoms. The minimum absolute atomic E-state index is 0.00134. The first-order valence-electron chi connectivity index (χ1n) is 8.71. The second-order valence-electron chi connectivity index (χ2n) is 7.57. The largest absolute Gasteiger partial charge is 0.511 e. The summed E-state index contributed by atoms with van der Waals surface area (Å²) < 4.78 is 0. The van der Waals surface area contributed by atoms with Gasteiger partial charge in [-0.15, -0.1) is 0 Å². The Labute approximate surface area is 132 Å². The van der Waals surface area contributed by atoms with Crippen LogP contribution in [0.25, 0.3) is 0 Å². The number of halogens is 1. The van der Waals surface area contributed by atoms with Crippen LogP contribution in [0.3, 0.4) is 0 Å². The van der Waals surface area contributed by atoms with Crippen molar-refractivity contribution in [1.29, 1.82) is 0 Å². The highest BCUT2D eigenvalue weighted by molar-refractivity contribution is 6.43.